The fraction of sp³-hybridized carbons (Fsp3) is 0.323. The smallest absolute Gasteiger partial charge is 0.211 e. The number of carbonyl (C=O) groups excluding carboxylic acids is 3. The number of hydrogen-bond acceptors (Lipinski definition) is 6. The van der Waals surface area contributed by atoms with Gasteiger partial charge < -0.3 is 0 Å². The Kier molecular flexibility index (Phi) is 10.6. The van der Waals surface area contributed by atoms with Gasteiger partial charge in [-0.05, 0) is 59.5 Å². The van der Waals surface area contributed by atoms with Crippen LogP contribution in [0.25, 0.3) is 0 Å². The third-order valence-electron chi connectivity index (χ3n) is 6.76. The van der Waals surface area contributed by atoms with Crippen LogP contribution in [0.1, 0.15) is 75.0 Å². The number of hydrogen-bond donors (Lipinski definition) is 0. The lowest BCUT2D eigenvalue weighted by molar-refractivity contribution is 0.496. The second-order valence-corrected chi connectivity index (χ2v) is 9.03. The third-order valence-corrected chi connectivity index (χ3v) is 6.76. The molecule has 0 saturated carbocycles. The lowest BCUT2D eigenvalue weighted by Crippen LogP contribution is -2.29. The number of isocyanates is 3. The Bertz CT molecular complexity index is 1130. The van der Waals surface area contributed by atoms with Crippen LogP contribution in [0.5, 0.6) is 0 Å². The van der Waals surface area contributed by atoms with Crippen molar-refractivity contribution in [2.45, 2.75) is 63.7 Å². The van der Waals surface area contributed by atoms with E-state index in [-0.39, 0.29) is 0 Å². The van der Waals surface area contributed by atoms with Crippen LogP contribution in [0.3, 0.4) is 0 Å². The first-order valence-electron chi connectivity index (χ1n) is 12.7. The summed E-state index contributed by atoms with van der Waals surface area (Å²) in [5.74, 6) is 0. The van der Waals surface area contributed by atoms with E-state index >= 15 is 0 Å². The van der Waals surface area contributed by atoms with Crippen molar-refractivity contribution >= 4 is 35.3 Å². The molecule has 0 aliphatic carbocycles. The van der Waals surface area contributed by atoms with E-state index < -0.39 is 5.41 Å². The van der Waals surface area contributed by atoms with E-state index in [1.807, 2.05) is 72.8 Å². The fourth-order valence-corrected chi connectivity index (χ4v) is 4.90. The molecule has 0 atom stereocenters. The number of rotatable bonds is 14. The van der Waals surface area contributed by atoms with E-state index in [4.69, 9.17) is 0 Å². The minimum absolute atomic E-state index is 0.528. The summed E-state index contributed by atoms with van der Waals surface area (Å²) in [6.45, 7) is 2.22. The maximum atomic E-state index is 10.8. The Balaban J connectivity index is 2.10. The Hall–Kier alpha value is -4.20. The van der Waals surface area contributed by atoms with Crippen LogP contribution in [0.4, 0.5) is 17.1 Å². The molecule has 0 heterocycles. The molecule has 3 aromatic carbocycles. The highest BCUT2D eigenvalue weighted by molar-refractivity contribution is 5.59. The van der Waals surface area contributed by atoms with E-state index in [0.29, 0.717) is 17.1 Å². The van der Waals surface area contributed by atoms with Gasteiger partial charge in [-0.2, -0.15) is 15.0 Å². The van der Waals surface area contributed by atoms with Crippen molar-refractivity contribution < 1.29 is 14.4 Å². The maximum Gasteiger partial charge on any atom is 0.240 e. The van der Waals surface area contributed by atoms with E-state index in [2.05, 4.69) is 21.9 Å². The molecule has 0 fully saturated rings. The molecular weight excluding hydrogens is 462 g/mol. The first-order chi connectivity index (χ1) is 18.2. The molecule has 0 bridgehead atoms. The minimum atomic E-state index is -0.528. The molecule has 0 unspecified atom stereocenters. The zero-order valence-corrected chi connectivity index (χ0v) is 21.2. The summed E-state index contributed by atoms with van der Waals surface area (Å²) in [6.07, 6.45) is 13.9. The number of unbranched alkanes of at least 4 members (excludes halogenated alkanes) is 6. The Morgan fingerprint density at radius 1 is 0.514 bits per heavy atom. The largest absolute Gasteiger partial charge is 0.240 e. The first kappa shape index (κ1) is 27.4. The van der Waals surface area contributed by atoms with Crippen LogP contribution in [0.15, 0.2) is 87.8 Å². The second-order valence-electron chi connectivity index (χ2n) is 9.03. The van der Waals surface area contributed by atoms with Gasteiger partial charge in [0.05, 0.1) is 17.1 Å². The minimum Gasteiger partial charge on any atom is -0.211 e. The lowest BCUT2D eigenvalue weighted by atomic mass is 9.66. The van der Waals surface area contributed by atoms with Crippen molar-refractivity contribution in [3.8, 4) is 0 Å². The number of benzene rings is 3. The zero-order chi connectivity index (χ0) is 26.3. The summed E-state index contributed by atoms with van der Waals surface area (Å²) in [5.41, 5.74) is 4.21. The van der Waals surface area contributed by atoms with Gasteiger partial charge >= 0.3 is 0 Å². The van der Waals surface area contributed by atoms with E-state index in [1.165, 1.54) is 32.1 Å². The van der Waals surface area contributed by atoms with Crippen LogP contribution in [-0.2, 0) is 19.8 Å². The molecule has 0 N–H and O–H groups in total. The van der Waals surface area contributed by atoms with Gasteiger partial charge in [0.25, 0.3) is 0 Å². The first-order valence-corrected chi connectivity index (χ1v) is 12.7. The van der Waals surface area contributed by atoms with Crippen molar-refractivity contribution in [1.29, 1.82) is 0 Å². The summed E-state index contributed by atoms with van der Waals surface area (Å²) in [4.78, 5) is 43.6. The standard InChI is InChI=1S/C31H31N3O3/c1-2-3-4-5-6-7-8-21-31(25-9-15-28(16-10-25)32-22-35,26-11-17-29(18-12-26)33-23-36)27-13-19-30(20-14-27)34-24-37/h9-20H,2-8,21H2,1H3. The molecule has 188 valence electrons. The molecule has 37 heavy (non-hydrogen) atoms. The highest BCUT2D eigenvalue weighted by atomic mass is 16.1. The monoisotopic (exact) mass is 493 g/mol. The van der Waals surface area contributed by atoms with Crippen molar-refractivity contribution in [3.05, 3.63) is 89.5 Å². The van der Waals surface area contributed by atoms with Gasteiger partial charge in [0.15, 0.2) is 0 Å². The normalized spacial score (nSPS) is 11.9. The zero-order valence-electron chi connectivity index (χ0n) is 21.2. The number of nitrogens with zero attached hydrogens (tertiary/aromatic N) is 3. The lowest BCUT2D eigenvalue weighted by Gasteiger charge is -2.36. The maximum absolute atomic E-state index is 10.8. The van der Waals surface area contributed by atoms with E-state index in [1.54, 1.807) is 18.2 Å². The topological polar surface area (TPSA) is 88.3 Å². The van der Waals surface area contributed by atoms with Gasteiger partial charge in [-0.25, -0.2) is 14.4 Å². The molecule has 0 spiro atoms. The highest BCUT2D eigenvalue weighted by Gasteiger charge is 2.36. The van der Waals surface area contributed by atoms with Gasteiger partial charge in [0.1, 0.15) is 0 Å². The van der Waals surface area contributed by atoms with Crippen molar-refractivity contribution in [2.75, 3.05) is 0 Å². The van der Waals surface area contributed by atoms with Crippen LogP contribution in [0.2, 0.25) is 0 Å². The molecule has 3 aromatic rings. The molecule has 6 heteroatoms. The van der Waals surface area contributed by atoms with Crippen LogP contribution in [0, 0.1) is 0 Å². The van der Waals surface area contributed by atoms with Crippen LogP contribution < -0.4 is 0 Å². The summed E-state index contributed by atoms with van der Waals surface area (Å²) >= 11 is 0. The second kappa shape index (κ2) is 14.4. The van der Waals surface area contributed by atoms with Gasteiger partial charge in [-0.15, -0.1) is 0 Å². The molecule has 6 nitrogen and oxygen atoms in total. The summed E-state index contributed by atoms with van der Waals surface area (Å²) in [6, 6.07) is 22.8. The molecule has 0 aliphatic rings. The van der Waals surface area contributed by atoms with Gasteiger partial charge in [0, 0.05) is 5.41 Å². The predicted molar refractivity (Wildman–Crippen MR) is 145 cm³/mol. The van der Waals surface area contributed by atoms with Crippen LogP contribution >= 0.6 is 0 Å². The van der Waals surface area contributed by atoms with Crippen LogP contribution in [-0.4, -0.2) is 18.2 Å². The third kappa shape index (κ3) is 7.16. The Morgan fingerprint density at radius 3 is 1.16 bits per heavy atom. The average molecular weight is 494 g/mol. The highest BCUT2D eigenvalue weighted by Crippen LogP contribution is 2.45. The fourth-order valence-electron chi connectivity index (χ4n) is 4.90. The van der Waals surface area contributed by atoms with Gasteiger partial charge in [-0.3, -0.25) is 0 Å². The molecule has 3 rings (SSSR count). The number of aliphatic imine (C=N–C) groups is 3. The average Bonchev–Trinajstić information content (AvgIpc) is 2.93. The molecule has 0 aliphatic heterocycles. The predicted octanol–water partition coefficient (Wildman–Crippen LogP) is 8.06. The molecule has 0 aromatic heterocycles. The van der Waals surface area contributed by atoms with Crippen molar-refractivity contribution in [1.82, 2.24) is 0 Å². The Morgan fingerprint density at radius 2 is 0.838 bits per heavy atom. The summed E-state index contributed by atoms with van der Waals surface area (Å²) in [7, 11) is 0. The van der Waals surface area contributed by atoms with Crippen molar-refractivity contribution in [2.24, 2.45) is 15.0 Å². The summed E-state index contributed by atoms with van der Waals surface area (Å²) in [5, 5.41) is 0. The SMILES string of the molecule is CCCCCCCCCC(c1ccc(N=C=O)cc1)(c1ccc(N=C=O)cc1)c1ccc(N=C=O)cc1. The molecule has 0 radical (unpaired) electrons. The molecular formula is C31H31N3O3. The van der Waals surface area contributed by atoms with Crippen molar-refractivity contribution in [3.63, 3.8) is 0 Å². The Labute approximate surface area is 217 Å². The van der Waals surface area contributed by atoms with E-state index in [9.17, 15) is 14.4 Å². The van der Waals surface area contributed by atoms with E-state index in [0.717, 1.165) is 36.0 Å². The molecule has 0 saturated heterocycles. The summed E-state index contributed by atoms with van der Waals surface area (Å²) < 4.78 is 0. The van der Waals surface area contributed by atoms with Gasteiger partial charge in [0.2, 0.25) is 18.2 Å². The molecule has 0 amide bonds. The quantitative estimate of drug-likeness (QED) is 0.0984. The van der Waals surface area contributed by atoms with Gasteiger partial charge in [-0.1, -0.05) is 88.3 Å².